The van der Waals surface area contributed by atoms with E-state index in [0.717, 1.165) is 12.1 Å². The fourth-order valence-corrected chi connectivity index (χ4v) is 2.42. The predicted octanol–water partition coefficient (Wildman–Crippen LogP) is 4.22. The van der Waals surface area contributed by atoms with E-state index in [4.69, 9.17) is 5.73 Å². The minimum Gasteiger partial charge on any atom is -0.326 e. The van der Waals surface area contributed by atoms with Crippen LogP contribution in [-0.4, -0.2) is 5.91 Å². The van der Waals surface area contributed by atoms with E-state index in [9.17, 15) is 22.4 Å². The lowest BCUT2D eigenvalue weighted by molar-refractivity contribution is -0.137. The molecule has 3 nitrogen and oxygen atoms in total. The van der Waals surface area contributed by atoms with Crippen molar-refractivity contribution < 1.29 is 22.4 Å². The summed E-state index contributed by atoms with van der Waals surface area (Å²) < 4.78 is 52.9. The van der Waals surface area contributed by atoms with E-state index in [-0.39, 0.29) is 23.4 Å². The largest absolute Gasteiger partial charge is 0.416 e. The molecule has 0 aromatic heterocycles. The van der Waals surface area contributed by atoms with Crippen LogP contribution >= 0.6 is 0 Å². The minimum absolute atomic E-state index is 0.0373. The molecule has 0 aliphatic heterocycles. The highest BCUT2D eigenvalue weighted by Crippen LogP contribution is 2.33. The average molecular weight is 354 g/mol. The topological polar surface area (TPSA) is 55.1 Å². The van der Waals surface area contributed by atoms with Crippen LogP contribution in [0.5, 0.6) is 0 Å². The molecule has 0 atom stereocenters. The van der Waals surface area contributed by atoms with Crippen LogP contribution < -0.4 is 11.1 Å². The first-order valence-corrected chi connectivity index (χ1v) is 7.53. The molecule has 0 aliphatic rings. The maximum absolute atomic E-state index is 14.0. The van der Waals surface area contributed by atoms with Crippen molar-refractivity contribution >= 4 is 11.6 Å². The van der Waals surface area contributed by atoms with E-state index in [2.05, 4.69) is 5.32 Å². The summed E-state index contributed by atoms with van der Waals surface area (Å²) in [6.07, 6.45) is -4.56. The molecule has 3 N–H and O–H groups in total. The summed E-state index contributed by atoms with van der Waals surface area (Å²) in [4.78, 5) is 12.6. The second-order valence-electron chi connectivity index (χ2n) is 6.18. The van der Waals surface area contributed by atoms with Gasteiger partial charge in [-0.1, -0.05) is 18.2 Å². The van der Waals surface area contributed by atoms with Crippen LogP contribution in [0.4, 0.5) is 23.2 Å². The Hall–Kier alpha value is -2.41. The molecule has 0 saturated carbocycles. The Kier molecular flexibility index (Phi) is 5.17. The van der Waals surface area contributed by atoms with Crippen molar-refractivity contribution in [3.63, 3.8) is 0 Å². The molecule has 0 radical (unpaired) electrons. The second kappa shape index (κ2) is 6.84. The molecule has 7 heteroatoms. The molecule has 2 rings (SSSR count). The van der Waals surface area contributed by atoms with Crippen molar-refractivity contribution in [3.05, 3.63) is 65.0 Å². The van der Waals surface area contributed by atoms with Gasteiger partial charge in [-0.2, -0.15) is 13.2 Å². The van der Waals surface area contributed by atoms with E-state index in [0.29, 0.717) is 0 Å². The molecule has 25 heavy (non-hydrogen) atoms. The Morgan fingerprint density at radius 2 is 1.76 bits per heavy atom. The summed E-state index contributed by atoms with van der Waals surface area (Å²) in [6.45, 7) is 2.89. The van der Waals surface area contributed by atoms with Crippen LogP contribution in [0.2, 0.25) is 0 Å². The van der Waals surface area contributed by atoms with Gasteiger partial charge in [-0.15, -0.1) is 0 Å². The lowest BCUT2D eigenvalue weighted by Gasteiger charge is -2.25. The highest BCUT2D eigenvalue weighted by molar-refractivity contribution is 5.98. The predicted molar refractivity (Wildman–Crippen MR) is 87.4 cm³/mol. The zero-order chi connectivity index (χ0) is 18.8. The van der Waals surface area contributed by atoms with Gasteiger partial charge in [0.25, 0.3) is 0 Å². The first kappa shape index (κ1) is 18.9. The third kappa shape index (κ3) is 4.17. The number of nitrogens with two attached hydrogens (primary N) is 1. The van der Waals surface area contributed by atoms with Crippen molar-refractivity contribution in [1.29, 1.82) is 0 Å². The number of anilines is 1. The fourth-order valence-electron chi connectivity index (χ4n) is 2.42. The number of halogens is 4. The van der Waals surface area contributed by atoms with Gasteiger partial charge in [0.15, 0.2) is 0 Å². The quantitative estimate of drug-likeness (QED) is 0.808. The van der Waals surface area contributed by atoms with Gasteiger partial charge in [0.05, 0.1) is 11.0 Å². The summed E-state index contributed by atoms with van der Waals surface area (Å²) in [5.74, 6) is -1.19. The van der Waals surface area contributed by atoms with Crippen molar-refractivity contribution in [2.75, 3.05) is 5.32 Å². The maximum Gasteiger partial charge on any atom is 0.416 e. The lowest BCUT2D eigenvalue weighted by Crippen LogP contribution is -2.35. The fraction of sp³-hybridized carbons (Fsp3) is 0.278. The van der Waals surface area contributed by atoms with E-state index >= 15 is 0 Å². The molecule has 0 heterocycles. The first-order chi connectivity index (χ1) is 11.6. The van der Waals surface area contributed by atoms with Gasteiger partial charge in [0.2, 0.25) is 5.91 Å². The van der Waals surface area contributed by atoms with Crippen molar-refractivity contribution in [1.82, 2.24) is 0 Å². The van der Waals surface area contributed by atoms with Crippen LogP contribution in [0, 0.1) is 5.82 Å². The Bertz CT molecular complexity index is 785. The molecule has 0 aliphatic carbocycles. The van der Waals surface area contributed by atoms with E-state index < -0.39 is 28.9 Å². The smallest absolute Gasteiger partial charge is 0.326 e. The molecular weight excluding hydrogens is 336 g/mol. The van der Waals surface area contributed by atoms with E-state index in [1.807, 2.05) is 0 Å². The Morgan fingerprint density at radius 3 is 2.32 bits per heavy atom. The lowest BCUT2D eigenvalue weighted by atomic mass is 9.83. The third-order valence-electron chi connectivity index (χ3n) is 3.93. The van der Waals surface area contributed by atoms with Crippen molar-refractivity contribution in [2.45, 2.75) is 32.0 Å². The number of carbonyl (C=O) groups is 1. The molecular formula is C18H18F4N2O. The standard InChI is InChI=1S/C18H18F4N2O/c1-17(2,14-5-3-4-6-15(14)19)16(25)24-13-8-11(10-23)7-12(9-13)18(20,21)22/h3-9H,10,23H2,1-2H3,(H,24,25). The summed E-state index contributed by atoms with van der Waals surface area (Å²) >= 11 is 0. The molecule has 134 valence electrons. The van der Waals surface area contributed by atoms with Gasteiger partial charge in [-0.05, 0) is 43.7 Å². The van der Waals surface area contributed by atoms with E-state index in [1.165, 1.54) is 38.1 Å². The van der Waals surface area contributed by atoms with Crippen LogP contribution in [0.15, 0.2) is 42.5 Å². The molecule has 2 aromatic carbocycles. The molecule has 0 spiro atoms. The highest BCUT2D eigenvalue weighted by Gasteiger charge is 2.34. The Balaban J connectivity index is 2.36. The van der Waals surface area contributed by atoms with Crippen LogP contribution in [-0.2, 0) is 22.9 Å². The summed E-state index contributed by atoms with van der Waals surface area (Å²) in [6, 6.07) is 8.89. The van der Waals surface area contributed by atoms with Crippen LogP contribution in [0.25, 0.3) is 0 Å². The number of alkyl halides is 3. The number of rotatable bonds is 4. The normalized spacial score (nSPS) is 12.1. The van der Waals surface area contributed by atoms with Gasteiger partial charge >= 0.3 is 6.18 Å². The van der Waals surface area contributed by atoms with Gasteiger partial charge in [-0.25, -0.2) is 4.39 Å². The SMILES string of the molecule is CC(C)(C(=O)Nc1cc(CN)cc(C(F)(F)F)c1)c1ccccc1F. The molecule has 0 fully saturated rings. The number of nitrogens with one attached hydrogen (secondary N) is 1. The zero-order valence-corrected chi connectivity index (χ0v) is 13.7. The van der Waals surface area contributed by atoms with Crippen LogP contribution in [0.1, 0.15) is 30.5 Å². The Morgan fingerprint density at radius 1 is 1.12 bits per heavy atom. The third-order valence-corrected chi connectivity index (χ3v) is 3.93. The average Bonchev–Trinajstić information content (AvgIpc) is 2.53. The summed E-state index contributed by atoms with van der Waals surface area (Å²) in [5.41, 5.74) is 3.59. The number of carbonyl (C=O) groups excluding carboxylic acids is 1. The van der Waals surface area contributed by atoms with Gasteiger partial charge < -0.3 is 11.1 Å². The van der Waals surface area contributed by atoms with Gasteiger partial charge in [0.1, 0.15) is 5.82 Å². The second-order valence-corrected chi connectivity index (χ2v) is 6.18. The highest BCUT2D eigenvalue weighted by atomic mass is 19.4. The van der Waals surface area contributed by atoms with E-state index in [1.54, 1.807) is 6.07 Å². The first-order valence-electron chi connectivity index (χ1n) is 7.53. The van der Waals surface area contributed by atoms with Crippen molar-refractivity contribution in [2.24, 2.45) is 5.73 Å². The molecule has 0 saturated heterocycles. The van der Waals surface area contributed by atoms with Crippen LogP contribution in [0.3, 0.4) is 0 Å². The number of benzene rings is 2. The molecule has 0 unspecified atom stereocenters. The zero-order valence-electron chi connectivity index (χ0n) is 13.7. The maximum atomic E-state index is 14.0. The minimum atomic E-state index is -4.56. The van der Waals surface area contributed by atoms with Gasteiger partial charge in [-0.3, -0.25) is 4.79 Å². The van der Waals surface area contributed by atoms with Crippen molar-refractivity contribution in [3.8, 4) is 0 Å². The molecule has 1 amide bonds. The molecule has 2 aromatic rings. The molecule has 0 bridgehead atoms. The number of amides is 1. The summed E-state index contributed by atoms with van der Waals surface area (Å²) in [7, 11) is 0. The number of hydrogen-bond acceptors (Lipinski definition) is 2. The summed E-state index contributed by atoms with van der Waals surface area (Å²) in [5, 5.41) is 2.43. The monoisotopic (exact) mass is 354 g/mol. The number of hydrogen-bond donors (Lipinski definition) is 2. The Labute approximate surface area is 142 Å². The van der Waals surface area contributed by atoms with Gasteiger partial charge in [0, 0.05) is 17.8 Å².